The van der Waals surface area contributed by atoms with Gasteiger partial charge in [0.2, 0.25) is 0 Å². The van der Waals surface area contributed by atoms with E-state index in [1.54, 1.807) is 47.7 Å². The van der Waals surface area contributed by atoms with E-state index in [1.165, 1.54) is 4.90 Å². The number of nitrogens with zero attached hydrogens (tertiary/aromatic N) is 12. The predicted octanol–water partition coefficient (Wildman–Crippen LogP) is 33.2. The monoisotopic (exact) mass is 1980 g/mol. The van der Waals surface area contributed by atoms with Gasteiger partial charge in [0.25, 0.3) is 0 Å². The molecule has 3 aliphatic carbocycles. The van der Waals surface area contributed by atoms with E-state index >= 15 is 0 Å². The zero-order chi connectivity index (χ0) is 98.7. The van der Waals surface area contributed by atoms with Gasteiger partial charge in [-0.3, -0.25) is 29.9 Å². The molecule has 15 heterocycles. The third kappa shape index (κ3) is 13.1. The van der Waals surface area contributed by atoms with Crippen molar-refractivity contribution >= 4 is 86.5 Å². The molecule has 150 heavy (non-hydrogen) atoms. The molecular formula is C132H80N12O3S3. The van der Waals surface area contributed by atoms with Gasteiger partial charge in [0.05, 0.1) is 122 Å². The van der Waals surface area contributed by atoms with Crippen molar-refractivity contribution in [1.29, 1.82) is 0 Å². The summed E-state index contributed by atoms with van der Waals surface area (Å²) >= 11 is 5.31. The lowest BCUT2D eigenvalue weighted by Gasteiger charge is -2.42. The van der Waals surface area contributed by atoms with Crippen molar-refractivity contribution < 1.29 is 14.2 Å². The van der Waals surface area contributed by atoms with E-state index in [1.807, 2.05) is 91.9 Å². The molecule has 14 aromatic carbocycles. The highest BCUT2D eigenvalue weighted by Gasteiger charge is 2.58. The van der Waals surface area contributed by atoms with Gasteiger partial charge in [-0.1, -0.05) is 296 Å². The van der Waals surface area contributed by atoms with E-state index in [0.29, 0.717) is 0 Å². The van der Waals surface area contributed by atoms with Gasteiger partial charge >= 0.3 is 0 Å². The first-order valence-electron chi connectivity index (χ1n) is 50.0. The standard InChI is InChI=1S/2C46H28N4OS.C40H24N4OS/c1-2-11-30(12-3-1)36-22-20-34-43(49-36)42-33(15-10-26-48-42)46(34)32-14-5-8-18-40(32)51-44-35(46)21-23-39-45(44)52-41-19-9-7-17-38(41)50(39)37-16-6-4-13-31(37)29-24-27-47-28-25-29;1-2-11-29(12-3-1)37-23-21-35-43(49-37)42-34(17-10-26-48-42)46(35)33-16-4-6-19-40(33)51-44-36(46)22-24-39-45(44)52-41-20-7-5-18-38(41)50(39)32-15-8-13-30(27-32)31-14-9-25-47-28-31;1-2-9-26(10-3-1)44-32-13-5-7-15-35(32)46-39-33(44)19-17-30-38(39)45-34-14-6-4-11-27(34)40(30)28-12-8-22-42-36(28)37-29(40)16-18-31(43-37)25-20-23-41-24-21-25/h2*1-28H;1-24H. The summed E-state index contributed by atoms with van der Waals surface area (Å²) in [5.41, 5.74) is 36.9. The van der Waals surface area contributed by atoms with Crippen LogP contribution in [0.4, 0.5) is 51.2 Å². The molecule has 0 radical (unpaired) electrons. The van der Waals surface area contributed by atoms with Gasteiger partial charge in [-0.15, -0.1) is 0 Å². The summed E-state index contributed by atoms with van der Waals surface area (Å²) in [5, 5.41) is 0. The molecular weight excluding hydrogens is 1900 g/mol. The molecule has 3 atom stereocenters. The first-order valence-corrected chi connectivity index (χ1v) is 52.4. The fraction of sp³-hybridized carbons (Fsp3) is 0.0227. The zero-order valence-electron chi connectivity index (χ0n) is 80.0. The highest BCUT2D eigenvalue weighted by Crippen LogP contribution is 2.71. The van der Waals surface area contributed by atoms with Crippen LogP contribution in [0, 0.1) is 0 Å². The average Bonchev–Trinajstić information content (AvgIpc) is 1.49. The van der Waals surface area contributed by atoms with E-state index in [4.69, 9.17) is 44.1 Å². The Morgan fingerprint density at radius 3 is 0.967 bits per heavy atom. The predicted molar refractivity (Wildman–Crippen MR) is 595 cm³/mol. The Balaban J connectivity index is 0.000000104. The van der Waals surface area contributed by atoms with Crippen molar-refractivity contribution in [3.05, 3.63) is 553 Å². The SMILES string of the molecule is c1ccc(-c2ccc3c(n2)-c2ncccc2C32c3ccccc3Oc3c2ccc2c3Sc3ccccc3N2c2cccc(-c3cccnc3)c2)cc1.c1ccc(-c2ccc3c(n2)-c2ncccc2C32c3ccccc3Oc3c2ccc2c3Sc3ccccc3N2c2ccccc2-c2ccncc2)cc1.c1ccc(N2c3ccccc3Sc3c2ccc2c3Oc3ccccc3C23c2cccnc2-c2nc(-c4ccncc4)ccc23)cc1. The maximum atomic E-state index is 7.10. The lowest BCUT2D eigenvalue weighted by Crippen LogP contribution is -2.33. The van der Waals surface area contributed by atoms with Gasteiger partial charge in [0, 0.05) is 143 Å². The fourth-order valence-corrected chi connectivity index (χ4v) is 27.5. The van der Waals surface area contributed by atoms with Crippen LogP contribution in [0.1, 0.15) is 66.8 Å². The molecule has 9 aromatic heterocycles. The second-order valence-corrected chi connectivity index (χ2v) is 41.1. The van der Waals surface area contributed by atoms with E-state index in [-0.39, 0.29) is 0 Å². The summed E-state index contributed by atoms with van der Waals surface area (Å²) in [7, 11) is 0. The van der Waals surface area contributed by atoms with Crippen LogP contribution in [0.25, 0.3) is 90.2 Å². The topological polar surface area (TPSA) is 153 Å². The molecule has 0 N–H and O–H groups in total. The minimum atomic E-state index is -0.683. The minimum Gasteiger partial charge on any atom is -0.455 e. The number of hydrogen-bond donors (Lipinski definition) is 0. The van der Waals surface area contributed by atoms with Crippen LogP contribution in [0.3, 0.4) is 0 Å². The smallest absolute Gasteiger partial charge is 0.148 e. The molecule has 0 bridgehead atoms. The van der Waals surface area contributed by atoms with Crippen molar-refractivity contribution in [1.82, 2.24) is 44.9 Å². The number of para-hydroxylation sites is 8. The Hall–Kier alpha value is -18.7. The maximum Gasteiger partial charge on any atom is 0.148 e. The highest BCUT2D eigenvalue weighted by molar-refractivity contribution is 8.00. The summed E-state index contributed by atoms with van der Waals surface area (Å²) in [6.45, 7) is 0. The molecule has 0 saturated heterocycles. The van der Waals surface area contributed by atoms with Crippen molar-refractivity contribution in [2.45, 2.75) is 45.6 Å². The molecule has 18 heteroatoms. The molecule has 3 spiro atoms. The van der Waals surface area contributed by atoms with Crippen molar-refractivity contribution in [2.75, 3.05) is 14.7 Å². The van der Waals surface area contributed by atoms with Gasteiger partial charge < -0.3 is 28.9 Å². The van der Waals surface area contributed by atoms with Crippen LogP contribution in [0.15, 0.2) is 516 Å². The first-order chi connectivity index (χ1) is 74.4. The zero-order valence-corrected chi connectivity index (χ0v) is 82.5. The quantitative estimate of drug-likeness (QED) is 0.142. The molecule has 0 saturated carbocycles. The summed E-state index contributed by atoms with van der Waals surface area (Å²) in [5.74, 6) is 5.10. The number of ether oxygens (including phenoxy) is 3. The molecule has 704 valence electrons. The maximum absolute atomic E-state index is 7.10. The van der Waals surface area contributed by atoms with E-state index in [9.17, 15) is 0 Å². The second kappa shape index (κ2) is 34.8. The third-order valence-electron chi connectivity index (χ3n) is 30.2. The van der Waals surface area contributed by atoms with Gasteiger partial charge in [0.15, 0.2) is 0 Å². The molecule has 15 nitrogen and oxygen atoms in total. The van der Waals surface area contributed by atoms with Crippen molar-refractivity contribution in [3.8, 4) is 125 Å². The summed E-state index contributed by atoms with van der Waals surface area (Å²) in [6, 6.07) is 152. The van der Waals surface area contributed by atoms with Crippen LogP contribution < -0.4 is 28.9 Å². The van der Waals surface area contributed by atoms with E-state index in [2.05, 4.69) is 412 Å². The van der Waals surface area contributed by atoms with Crippen molar-refractivity contribution in [2.24, 2.45) is 0 Å². The highest BCUT2D eigenvalue weighted by atomic mass is 32.2. The largest absolute Gasteiger partial charge is 0.455 e. The Morgan fingerprint density at radius 1 is 0.200 bits per heavy atom. The Kier molecular flexibility index (Phi) is 20.1. The summed E-state index contributed by atoms with van der Waals surface area (Å²) in [6.07, 6.45) is 16.7. The van der Waals surface area contributed by atoms with Crippen molar-refractivity contribution in [3.63, 3.8) is 0 Å². The number of fused-ring (bicyclic) bond motifs is 36. The number of hydrogen-bond acceptors (Lipinski definition) is 18. The fourth-order valence-electron chi connectivity index (χ4n) is 24.0. The molecule has 23 aromatic rings. The molecule has 6 aliphatic heterocycles. The third-order valence-corrected chi connectivity index (χ3v) is 33.7. The van der Waals surface area contributed by atoms with Gasteiger partial charge in [-0.25, -0.2) is 15.0 Å². The van der Waals surface area contributed by atoms with Crippen LogP contribution in [0.5, 0.6) is 34.5 Å². The molecule has 9 aliphatic rings. The molecule has 32 rings (SSSR count). The van der Waals surface area contributed by atoms with Crippen LogP contribution in [-0.2, 0) is 16.2 Å². The number of pyridine rings is 9. The molecule has 3 unspecified atom stereocenters. The Labute approximate surface area is 877 Å². The first kappa shape index (κ1) is 86.7. The minimum absolute atomic E-state index is 0.656. The number of benzene rings is 14. The van der Waals surface area contributed by atoms with Crippen LogP contribution in [-0.4, -0.2) is 44.9 Å². The normalized spacial score (nSPS) is 16.0. The van der Waals surface area contributed by atoms with Gasteiger partial charge in [-0.05, 0) is 214 Å². The Bertz CT molecular complexity index is 9490. The average molecular weight is 1980 g/mol. The second-order valence-electron chi connectivity index (χ2n) is 38.0. The molecule has 0 amide bonds. The number of anilines is 9. The lowest BCUT2D eigenvalue weighted by molar-refractivity contribution is 0.425. The van der Waals surface area contributed by atoms with E-state index < -0.39 is 16.2 Å². The van der Waals surface area contributed by atoms with Crippen LogP contribution in [0.2, 0.25) is 0 Å². The Morgan fingerprint density at radius 2 is 0.527 bits per heavy atom. The van der Waals surface area contributed by atoms with Gasteiger partial charge in [0.1, 0.15) is 34.5 Å². The van der Waals surface area contributed by atoms with Gasteiger partial charge in [-0.2, -0.15) is 0 Å². The molecule has 0 fully saturated rings. The number of aromatic nitrogens is 9. The van der Waals surface area contributed by atoms with Crippen LogP contribution >= 0.6 is 35.3 Å². The lowest BCUT2D eigenvalue weighted by atomic mass is 9.66. The number of rotatable bonds is 8. The summed E-state index contributed by atoms with van der Waals surface area (Å²) < 4.78 is 21.2. The van der Waals surface area contributed by atoms with E-state index in [0.717, 1.165) is 267 Å². The summed E-state index contributed by atoms with van der Waals surface area (Å²) in [4.78, 5) is 57.7.